The van der Waals surface area contributed by atoms with E-state index in [1.807, 2.05) is 0 Å². The van der Waals surface area contributed by atoms with Crippen molar-refractivity contribution in [3.8, 4) is 0 Å². The number of esters is 2. The van der Waals surface area contributed by atoms with Crippen LogP contribution in [0.3, 0.4) is 0 Å². The van der Waals surface area contributed by atoms with Gasteiger partial charge in [-0.05, 0) is 123 Å². The molecule has 446 valence electrons. The van der Waals surface area contributed by atoms with Gasteiger partial charge in [-0.15, -0.1) is 0 Å². The summed E-state index contributed by atoms with van der Waals surface area (Å²) >= 11 is 0. The van der Waals surface area contributed by atoms with Crippen LogP contribution in [-0.2, 0) is 61.6 Å². The van der Waals surface area contributed by atoms with Crippen LogP contribution in [0.25, 0.3) is 0 Å². The Balaban J connectivity index is 0.000000284. The number of carbonyl (C=O) groups is 2. The van der Waals surface area contributed by atoms with Gasteiger partial charge in [0.25, 0.3) is 0 Å². The molecule has 0 bridgehead atoms. The molecule has 0 radical (unpaired) electrons. The van der Waals surface area contributed by atoms with E-state index in [-0.39, 0.29) is 62.5 Å². The summed E-state index contributed by atoms with van der Waals surface area (Å²) in [5, 5.41) is -9.34. The van der Waals surface area contributed by atoms with Crippen molar-refractivity contribution in [3.63, 3.8) is 0 Å². The van der Waals surface area contributed by atoms with E-state index in [9.17, 15) is 70.5 Å². The summed E-state index contributed by atoms with van der Waals surface area (Å²) < 4.78 is 202. The number of aryl methyl sites for hydroxylation is 2. The molecule has 0 spiro atoms. The molecular weight excluding hydrogens is 1250 g/mol. The van der Waals surface area contributed by atoms with Crippen LogP contribution in [0.5, 0.6) is 0 Å². The Hall–Kier alpha value is -6.50. The maximum atomic E-state index is 12.7. The van der Waals surface area contributed by atoms with Crippen molar-refractivity contribution >= 4 is 64.1 Å². The second-order valence-electron chi connectivity index (χ2n) is 16.8. The molecule has 0 aromatic heterocycles. The second kappa shape index (κ2) is 32.9. The van der Waals surface area contributed by atoms with Gasteiger partial charge in [-0.1, -0.05) is 120 Å². The standard InChI is InChI=1S/2C19H17S.2C9H7F3O5S.CHF3O3S.Na/c2*1-16-12-14-19(15-13-16)20(17-8-4-2-5-9-17)18-10-6-3-7-11-18;2*10-7-3-1-2-6(4-7)8(13)17-5-9(11,12)18(14,15)16;2-1(3,4)8(5,6)7;/h2*2-15H,1H3;2*1-4H,5H2,(H,14,15,16);(H,5,6,7);/q2*+1;;;;+1/p-2. The van der Waals surface area contributed by atoms with Gasteiger partial charge in [0.1, 0.15) is 11.6 Å². The first-order chi connectivity index (χ1) is 39.2. The first kappa shape index (κ1) is 72.8. The molecule has 0 unspecified atom stereocenters. The summed E-state index contributed by atoms with van der Waals surface area (Å²) in [6.07, 6.45) is 0. The Morgan fingerprint density at radius 2 is 0.682 bits per heavy atom. The van der Waals surface area contributed by atoms with Gasteiger partial charge in [-0.25, -0.2) is 35.2 Å². The molecule has 8 aromatic carbocycles. The van der Waals surface area contributed by atoms with Gasteiger partial charge in [0, 0.05) is 0 Å². The molecule has 0 aliphatic carbocycles. The summed E-state index contributed by atoms with van der Waals surface area (Å²) in [4.78, 5) is 30.5. The van der Waals surface area contributed by atoms with Crippen molar-refractivity contribution in [2.45, 2.75) is 59.2 Å². The van der Waals surface area contributed by atoms with E-state index in [1.54, 1.807) is 0 Å². The minimum absolute atomic E-state index is 0. The van der Waals surface area contributed by atoms with Crippen molar-refractivity contribution in [2.75, 3.05) is 13.2 Å². The number of alkyl halides is 7. The molecule has 0 aliphatic rings. The fraction of sp³-hybridized carbons (Fsp3) is 0.123. The Morgan fingerprint density at radius 1 is 0.424 bits per heavy atom. The third-order valence-corrected chi connectivity index (χ3v) is 17.1. The fourth-order valence-corrected chi connectivity index (χ4v) is 10.8. The number of hydrogen-bond acceptors (Lipinski definition) is 12. The monoisotopic (exact) mass is 1290 g/mol. The van der Waals surface area contributed by atoms with Crippen molar-refractivity contribution in [1.82, 2.24) is 0 Å². The maximum absolute atomic E-state index is 12.7. The molecule has 1 N–H and O–H groups in total. The third kappa shape index (κ3) is 23.7. The first-order valence-corrected chi connectivity index (χ1v) is 30.3. The molecule has 0 saturated heterocycles. The molecule has 0 saturated carbocycles. The van der Waals surface area contributed by atoms with Crippen LogP contribution in [-0.4, -0.2) is 80.1 Å². The van der Waals surface area contributed by atoms with Crippen LogP contribution in [0, 0.1) is 25.5 Å². The summed E-state index contributed by atoms with van der Waals surface area (Å²) in [7, 11) is -17.7. The van der Waals surface area contributed by atoms with E-state index in [4.69, 9.17) is 17.5 Å². The van der Waals surface area contributed by atoms with Crippen LogP contribution < -0.4 is 29.6 Å². The Kier molecular flexibility index (Phi) is 28.1. The van der Waals surface area contributed by atoms with E-state index in [1.165, 1.54) is 40.5 Å². The van der Waals surface area contributed by atoms with Crippen LogP contribution in [0.15, 0.2) is 248 Å². The zero-order valence-corrected chi connectivity index (χ0v) is 50.6. The van der Waals surface area contributed by atoms with Gasteiger partial charge in [-0.2, -0.15) is 39.2 Å². The molecule has 0 amide bonds. The predicted molar refractivity (Wildman–Crippen MR) is 293 cm³/mol. The SMILES string of the molecule is Cc1ccc([S+](c2ccccc2)c2ccccc2)cc1.Cc1ccc([S+](c2ccccc2)c2ccccc2)cc1.O=C(OCC(F)(F)S(=O)(=O)O)c1cccc(F)c1.O=C(OCC(F)(F)S(=O)(=O)[O-])c1cccc(F)c1.O=S(=O)([O-])C(F)(F)F.[Na+]. The van der Waals surface area contributed by atoms with Crippen molar-refractivity contribution < 1.29 is 127 Å². The molecule has 0 atom stereocenters. The van der Waals surface area contributed by atoms with Crippen LogP contribution in [0.4, 0.5) is 39.5 Å². The first-order valence-electron chi connectivity index (χ1n) is 23.6. The Labute approximate surface area is 512 Å². The molecule has 0 fully saturated rings. The number of benzene rings is 8. The van der Waals surface area contributed by atoms with E-state index >= 15 is 0 Å². The summed E-state index contributed by atoms with van der Waals surface area (Å²) in [6, 6.07) is 68.7. The zero-order valence-electron chi connectivity index (χ0n) is 44.5. The largest absolute Gasteiger partial charge is 1.00 e. The summed E-state index contributed by atoms with van der Waals surface area (Å²) in [5.41, 5.74) is -3.78. The average Bonchev–Trinajstić information content (AvgIpc) is 3.47. The summed E-state index contributed by atoms with van der Waals surface area (Å²) in [6.45, 7) is 0.481. The molecule has 28 heteroatoms. The van der Waals surface area contributed by atoms with Gasteiger partial charge in [0.05, 0.1) is 32.9 Å². The van der Waals surface area contributed by atoms with Crippen LogP contribution in [0.2, 0.25) is 0 Å². The molecule has 0 aliphatic heterocycles. The van der Waals surface area contributed by atoms with Gasteiger partial charge in [-0.3, -0.25) is 4.55 Å². The van der Waals surface area contributed by atoms with Crippen LogP contribution in [0.1, 0.15) is 31.8 Å². The van der Waals surface area contributed by atoms with E-state index in [0.29, 0.717) is 6.07 Å². The normalized spacial score (nSPS) is 11.5. The topological polar surface area (TPSA) is 221 Å². The molecule has 0 heterocycles. The van der Waals surface area contributed by atoms with Crippen LogP contribution >= 0.6 is 0 Å². The quantitative estimate of drug-likeness (QED) is 0.0268. The van der Waals surface area contributed by atoms with E-state index in [2.05, 4.69) is 193 Å². The number of ether oxygens (including phenoxy) is 2. The van der Waals surface area contributed by atoms with E-state index in [0.717, 1.165) is 42.5 Å². The predicted octanol–water partition coefficient (Wildman–Crippen LogP) is 9.82. The van der Waals surface area contributed by atoms with Gasteiger partial charge in [0.15, 0.2) is 62.8 Å². The number of rotatable bonds is 14. The smallest absolute Gasteiger partial charge is 0.743 e. The molecule has 85 heavy (non-hydrogen) atoms. The Morgan fingerprint density at radius 3 is 0.918 bits per heavy atom. The van der Waals surface area contributed by atoms with Gasteiger partial charge in [0.2, 0.25) is 0 Å². The molecule has 8 rings (SSSR count). The maximum Gasteiger partial charge on any atom is 1.00 e. The van der Waals surface area contributed by atoms with Gasteiger partial charge >= 0.3 is 67.6 Å². The molecular formula is C57H47F9NaO13S5+. The van der Waals surface area contributed by atoms with Crippen molar-refractivity contribution in [2.24, 2.45) is 0 Å². The average molecular weight is 1290 g/mol. The third-order valence-electron chi connectivity index (χ3n) is 10.3. The number of carbonyl (C=O) groups excluding carboxylic acids is 2. The van der Waals surface area contributed by atoms with Crippen molar-refractivity contribution in [3.05, 3.63) is 252 Å². The van der Waals surface area contributed by atoms with Gasteiger partial charge < -0.3 is 18.6 Å². The minimum Gasteiger partial charge on any atom is -0.743 e. The number of halogens is 9. The van der Waals surface area contributed by atoms with E-state index < -0.39 is 83.2 Å². The molecule has 8 aromatic rings. The minimum atomic E-state index is -6.09. The Bertz CT molecular complexity index is 3430. The fourth-order valence-electron chi connectivity index (χ4n) is 6.23. The zero-order chi connectivity index (χ0) is 62.5. The summed E-state index contributed by atoms with van der Waals surface area (Å²) in [5.74, 6) is -4.28. The second-order valence-corrected chi connectivity index (χ2v) is 25.2. The molecule has 13 nitrogen and oxygen atoms in total. The number of hydrogen-bond donors (Lipinski definition) is 1. The van der Waals surface area contributed by atoms with Crippen molar-refractivity contribution in [1.29, 1.82) is 0 Å².